The number of benzene rings is 2. The van der Waals surface area contributed by atoms with Gasteiger partial charge in [-0.3, -0.25) is 0 Å². The smallest absolute Gasteiger partial charge is 0.0294 e. The van der Waals surface area contributed by atoms with Gasteiger partial charge in [0.25, 0.3) is 0 Å². The second-order valence-corrected chi connectivity index (χ2v) is 5.84. The minimum atomic E-state index is 0.430. The summed E-state index contributed by atoms with van der Waals surface area (Å²) in [6.07, 6.45) is 2.38. The molecule has 0 amide bonds. The highest BCUT2D eigenvalue weighted by Gasteiger charge is 2.38. The number of hydrogen-bond donors (Lipinski definition) is 1. The molecule has 1 nitrogen and oxygen atoms in total. The van der Waals surface area contributed by atoms with Crippen LogP contribution < -0.4 is 5.32 Å². The van der Waals surface area contributed by atoms with Crippen molar-refractivity contribution in [2.45, 2.75) is 44.7 Å². The van der Waals surface area contributed by atoms with Crippen LogP contribution in [-0.2, 0) is 6.42 Å². The molecule has 0 spiro atoms. The Balaban J connectivity index is 1.59. The topological polar surface area (TPSA) is 12.0 Å². The van der Waals surface area contributed by atoms with Crippen LogP contribution in [0, 0.1) is 0 Å². The largest absolute Gasteiger partial charge is 0.307 e. The Morgan fingerprint density at radius 3 is 2.40 bits per heavy atom. The van der Waals surface area contributed by atoms with E-state index in [2.05, 4.69) is 73.8 Å². The molecule has 1 fully saturated rings. The predicted molar refractivity (Wildman–Crippen MR) is 85.0 cm³/mol. The van der Waals surface area contributed by atoms with E-state index in [0.717, 1.165) is 6.42 Å². The molecular formula is C19H23N. The molecule has 3 atom stereocenters. The summed E-state index contributed by atoms with van der Waals surface area (Å²) in [4.78, 5) is 0. The van der Waals surface area contributed by atoms with E-state index >= 15 is 0 Å². The Morgan fingerprint density at radius 2 is 1.75 bits per heavy atom. The van der Waals surface area contributed by atoms with Gasteiger partial charge in [0.1, 0.15) is 0 Å². The maximum atomic E-state index is 3.76. The summed E-state index contributed by atoms with van der Waals surface area (Å²) in [5, 5.41) is 3.76. The number of nitrogens with one attached hydrogen (secondary N) is 1. The van der Waals surface area contributed by atoms with Gasteiger partial charge in [-0.25, -0.2) is 0 Å². The normalized spacial score (nSPS) is 22.5. The van der Waals surface area contributed by atoms with E-state index < -0.39 is 0 Å². The van der Waals surface area contributed by atoms with Gasteiger partial charge in [-0.05, 0) is 36.5 Å². The summed E-state index contributed by atoms with van der Waals surface area (Å²) in [6, 6.07) is 20.9. The van der Waals surface area contributed by atoms with Gasteiger partial charge in [-0.1, -0.05) is 61.5 Å². The van der Waals surface area contributed by atoms with Crippen LogP contribution in [0.3, 0.4) is 0 Å². The lowest BCUT2D eigenvalue weighted by Gasteiger charge is -2.15. The molecule has 1 saturated carbocycles. The molecule has 1 heteroatoms. The Bertz CT molecular complexity index is 544. The van der Waals surface area contributed by atoms with Gasteiger partial charge in [-0.2, -0.15) is 0 Å². The summed E-state index contributed by atoms with van der Waals surface area (Å²) in [5.41, 5.74) is 4.27. The molecule has 1 N–H and O–H groups in total. The third-order valence-corrected chi connectivity index (χ3v) is 4.37. The SMILES string of the molecule is CCc1ccc(C(C)NC2CC2c2ccccc2)cc1. The van der Waals surface area contributed by atoms with Crippen LogP contribution in [0.1, 0.15) is 48.9 Å². The molecule has 2 aromatic rings. The van der Waals surface area contributed by atoms with Crippen LogP contribution >= 0.6 is 0 Å². The molecule has 3 rings (SSSR count). The van der Waals surface area contributed by atoms with Crippen molar-refractivity contribution >= 4 is 0 Å². The zero-order valence-corrected chi connectivity index (χ0v) is 12.3. The molecule has 0 aliphatic heterocycles. The molecule has 0 aromatic heterocycles. The van der Waals surface area contributed by atoms with E-state index in [9.17, 15) is 0 Å². The summed E-state index contributed by atoms with van der Waals surface area (Å²) in [5.74, 6) is 0.702. The van der Waals surface area contributed by atoms with Crippen LogP contribution in [0.2, 0.25) is 0 Å². The number of hydrogen-bond acceptors (Lipinski definition) is 1. The number of rotatable bonds is 5. The molecule has 104 valence electrons. The van der Waals surface area contributed by atoms with Crippen molar-refractivity contribution in [3.05, 3.63) is 71.3 Å². The fraction of sp³-hybridized carbons (Fsp3) is 0.368. The minimum Gasteiger partial charge on any atom is -0.307 e. The molecule has 0 heterocycles. The van der Waals surface area contributed by atoms with Crippen LogP contribution in [0.25, 0.3) is 0 Å². The zero-order chi connectivity index (χ0) is 13.9. The lowest BCUT2D eigenvalue weighted by atomic mass is 10.0. The first-order valence-corrected chi connectivity index (χ1v) is 7.67. The van der Waals surface area contributed by atoms with Gasteiger partial charge >= 0.3 is 0 Å². The van der Waals surface area contributed by atoms with Crippen molar-refractivity contribution in [2.75, 3.05) is 0 Å². The highest BCUT2D eigenvalue weighted by molar-refractivity contribution is 5.29. The molecule has 0 bridgehead atoms. The quantitative estimate of drug-likeness (QED) is 0.842. The van der Waals surface area contributed by atoms with E-state index in [1.807, 2.05) is 0 Å². The highest BCUT2D eigenvalue weighted by atomic mass is 15.0. The average Bonchev–Trinajstić information content (AvgIpc) is 3.27. The second-order valence-electron chi connectivity index (χ2n) is 5.84. The van der Waals surface area contributed by atoms with Gasteiger partial charge in [0.05, 0.1) is 0 Å². The monoisotopic (exact) mass is 265 g/mol. The van der Waals surface area contributed by atoms with E-state index in [1.54, 1.807) is 0 Å². The first kappa shape index (κ1) is 13.4. The van der Waals surface area contributed by atoms with Crippen molar-refractivity contribution in [3.63, 3.8) is 0 Å². The fourth-order valence-electron chi connectivity index (χ4n) is 2.91. The lowest BCUT2D eigenvalue weighted by molar-refractivity contribution is 0.562. The van der Waals surface area contributed by atoms with E-state index in [4.69, 9.17) is 0 Å². The van der Waals surface area contributed by atoms with Gasteiger partial charge in [0, 0.05) is 18.0 Å². The standard InChI is InChI=1S/C19H23N/c1-3-15-9-11-16(12-10-15)14(2)20-19-13-18(19)17-7-5-4-6-8-17/h4-12,14,18-20H,3,13H2,1-2H3. The van der Waals surface area contributed by atoms with Crippen LogP contribution in [0.5, 0.6) is 0 Å². The first-order valence-electron chi connectivity index (χ1n) is 7.67. The molecule has 1 aliphatic carbocycles. The third kappa shape index (κ3) is 2.94. The molecule has 2 aromatic carbocycles. The van der Waals surface area contributed by atoms with Crippen molar-refractivity contribution in [2.24, 2.45) is 0 Å². The van der Waals surface area contributed by atoms with Crippen molar-refractivity contribution in [1.29, 1.82) is 0 Å². The van der Waals surface area contributed by atoms with Crippen molar-refractivity contribution in [1.82, 2.24) is 5.32 Å². The van der Waals surface area contributed by atoms with Crippen molar-refractivity contribution < 1.29 is 0 Å². The molecule has 0 radical (unpaired) electrons. The number of aryl methyl sites for hydroxylation is 1. The Labute approximate surface area is 122 Å². The van der Waals surface area contributed by atoms with Crippen LogP contribution in [0.4, 0.5) is 0 Å². The van der Waals surface area contributed by atoms with E-state index in [0.29, 0.717) is 18.0 Å². The fourth-order valence-corrected chi connectivity index (χ4v) is 2.91. The molecule has 0 saturated heterocycles. The van der Waals surface area contributed by atoms with Gasteiger partial charge in [0.2, 0.25) is 0 Å². The Kier molecular flexibility index (Phi) is 3.88. The maximum absolute atomic E-state index is 3.76. The third-order valence-electron chi connectivity index (χ3n) is 4.37. The summed E-state index contributed by atoms with van der Waals surface area (Å²) in [7, 11) is 0. The highest BCUT2D eigenvalue weighted by Crippen LogP contribution is 2.41. The van der Waals surface area contributed by atoms with Crippen molar-refractivity contribution in [3.8, 4) is 0 Å². The van der Waals surface area contributed by atoms with Gasteiger partial charge < -0.3 is 5.32 Å². The van der Waals surface area contributed by atoms with Gasteiger partial charge in [0.15, 0.2) is 0 Å². The van der Waals surface area contributed by atoms with E-state index in [-0.39, 0.29) is 0 Å². The maximum Gasteiger partial charge on any atom is 0.0294 e. The summed E-state index contributed by atoms with van der Waals surface area (Å²) in [6.45, 7) is 4.46. The average molecular weight is 265 g/mol. The predicted octanol–water partition coefficient (Wildman–Crippen LogP) is 4.46. The summed E-state index contributed by atoms with van der Waals surface area (Å²) < 4.78 is 0. The first-order chi connectivity index (χ1) is 9.78. The Hall–Kier alpha value is -1.60. The molecule has 20 heavy (non-hydrogen) atoms. The minimum absolute atomic E-state index is 0.430. The molecular weight excluding hydrogens is 242 g/mol. The molecule has 3 unspecified atom stereocenters. The zero-order valence-electron chi connectivity index (χ0n) is 12.3. The lowest BCUT2D eigenvalue weighted by Crippen LogP contribution is -2.22. The van der Waals surface area contributed by atoms with Crippen LogP contribution in [0.15, 0.2) is 54.6 Å². The second kappa shape index (κ2) is 5.80. The van der Waals surface area contributed by atoms with Crippen LogP contribution in [-0.4, -0.2) is 6.04 Å². The Morgan fingerprint density at radius 1 is 1.05 bits per heavy atom. The molecule has 1 aliphatic rings. The summed E-state index contributed by atoms with van der Waals surface area (Å²) >= 11 is 0. The van der Waals surface area contributed by atoms with E-state index in [1.165, 1.54) is 23.1 Å². The van der Waals surface area contributed by atoms with Gasteiger partial charge in [-0.15, -0.1) is 0 Å².